The largest absolute Gasteiger partial charge is 0.478 e. The Morgan fingerprint density at radius 2 is 2.15 bits per heavy atom. The van der Waals surface area contributed by atoms with Gasteiger partial charge in [-0.2, -0.15) is 5.10 Å². The van der Waals surface area contributed by atoms with E-state index in [2.05, 4.69) is 21.0 Å². The predicted octanol–water partition coefficient (Wildman–Crippen LogP) is 4.00. The molecule has 0 radical (unpaired) electrons. The summed E-state index contributed by atoms with van der Waals surface area (Å²) in [7, 11) is 0. The number of aryl methyl sites for hydroxylation is 1. The molecule has 1 aromatic heterocycles. The van der Waals surface area contributed by atoms with E-state index in [1.807, 2.05) is 32.0 Å². The standard InChI is InChI=1S/C14H12BrClN2O2/c1-8-14(16)9(2)18(17-8)11-5-3-10(12(15)7-11)4-6-13(19)20/h3-7H,1-2H3,(H,19,20)/b6-4+. The molecule has 0 atom stereocenters. The SMILES string of the molecule is Cc1nn(-c2ccc(/C=C/C(=O)O)c(Br)c2)c(C)c1Cl. The maximum absolute atomic E-state index is 10.5. The third-order valence-electron chi connectivity index (χ3n) is 2.84. The van der Waals surface area contributed by atoms with Gasteiger partial charge in [-0.25, -0.2) is 9.48 Å². The average molecular weight is 356 g/mol. The number of nitrogens with zero attached hydrogens (tertiary/aromatic N) is 2. The summed E-state index contributed by atoms with van der Waals surface area (Å²) in [5.41, 5.74) is 3.28. The lowest BCUT2D eigenvalue weighted by atomic mass is 10.2. The number of hydrogen-bond donors (Lipinski definition) is 1. The van der Waals surface area contributed by atoms with Gasteiger partial charge in [-0.1, -0.05) is 33.6 Å². The predicted molar refractivity (Wildman–Crippen MR) is 82.4 cm³/mol. The minimum absolute atomic E-state index is 0.649. The molecular formula is C14H12BrClN2O2. The summed E-state index contributed by atoms with van der Waals surface area (Å²) in [6.07, 6.45) is 2.63. The van der Waals surface area contributed by atoms with Gasteiger partial charge in [-0.3, -0.25) is 0 Å². The fourth-order valence-electron chi connectivity index (χ4n) is 1.82. The second-order valence-electron chi connectivity index (χ2n) is 4.27. The first-order valence-corrected chi connectivity index (χ1v) is 7.00. The topological polar surface area (TPSA) is 55.1 Å². The highest BCUT2D eigenvalue weighted by atomic mass is 79.9. The molecule has 1 aromatic carbocycles. The van der Waals surface area contributed by atoms with E-state index < -0.39 is 5.97 Å². The van der Waals surface area contributed by atoms with Crippen molar-refractivity contribution in [2.24, 2.45) is 0 Å². The van der Waals surface area contributed by atoms with Crippen LogP contribution in [0.15, 0.2) is 28.7 Å². The van der Waals surface area contributed by atoms with Gasteiger partial charge >= 0.3 is 5.97 Å². The van der Waals surface area contributed by atoms with Crippen LogP contribution in [0.3, 0.4) is 0 Å². The molecule has 0 saturated carbocycles. The molecule has 4 nitrogen and oxygen atoms in total. The van der Waals surface area contributed by atoms with E-state index in [0.717, 1.165) is 33.2 Å². The molecular weight excluding hydrogens is 344 g/mol. The number of halogens is 2. The maximum atomic E-state index is 10.5. The van der Waals surface area contributed by atoms with E-state index in [-0.39, 0.29) is 0 Å². The first kappa shape index (κ1) is 14.8. The van der Waals surface area contributed by atoms with Gasteiger partial charge in [0, 0.05) is 10.5 Å². The number of hydrogen-bond acceptors (Lipinski definition) is 2. The fraction of sp³-hybridized carbons (Fsp3) is 0.143. The van der Waals surface area contributed by atoms with E-state index in [4.69, 9.17) is 16.7 Å². The molecule has 2 rings (SSSR count). The molecule has 0 aliphatic heterocycles. The molecule has 0 aliphatic carbocycles. The van der Waals surface area contributed by atoms with Crippen molar-refractivity contribution in [3.8, 4) is 5.69 Å². The van der Waals surface area contributed by atoms with Crippen LogP contribution < -0.4 is 0 Å². The molecule has 0 bridgehead atoms. The van der Waals surface area contributed by atoms with Gasteiger partial charge < -0.3 is 5.11 Å². The maximum Gasteiger partial charge on any atom is 0.328 e. The Bertz CT molecular complexity index is 707. The van der Waals surface area contributed by atoms with E-state index in [9.17, 15) is 4.79 Å². The van der Waals surface area contributed by atoms with Crippen molar-refractivity contribution in [2.75, 3.05) is 0 Å². The van der Waals surface area contributed by atoms with Crippen molar-refractivity contribution in [2.45, 2.75) is 13.8 Å². The number of rotatable bonds is 3. The minimum Gasteiger partial charge on any atom is -0.478 e. The van der Waals surface area contributed by atoms with Crippen LogP contribution in [0.1, 0.15) is 17.0 Å². The minimum atomic E-state index is -0.980. The van der Waals surface area contributed by atoms with Crippen LogP contribution >= 0.6 is 27.5 Å². The number of carbonyl (C=O) groups is 1. The fourth-order valence-corrected chi connectivity index (χ4v) is 2.44. The number of carboxylic acids is 1. The van der Waals surface area contributed by atoms with Crippen molar-refractivity contribution < 1.29 is 9.90 Å². The van der Waals surface area contributed by atoms with Gasteiger partial charge in [-0.05, 0) is 37.6 Å². The molecule has 1 N–H and O–H groups in total. The normalized spacial score (nSPS) is 11.2. The quantitative estimate of drug-likeness (QED) is 0.847. The zero-order valence-corrected chi connectivity index (χ0v) is 13.2. The van der Waals surface area contributed by atoms with Crippen LogP contribution in [0.4, 0.5) is 0 Å². The smallest absolute Gasteiger partial charge is 0.328 e. The summed E-state index contributed by atoms with van der Waals surface area (Å²) >= 11 is 9.56. The molecule has 0 amide bonds. The Morgan fingerprint density at radius 3 is 2.65 bits per heavy atom. The molecule has 0 spiro atoms. The van der Waals surface area contributed by atoms with Gasteiger partial charge in [0.25, 0.3) is 0 Å². The Kier molecular flexibility index (Phi) is 4.30. The van der Waals surface area contributed by atoms with E-state index in [1.165, 1.54) is 6.08 Å². The zero-order chi connectivity index (χ0) is 14.9. The first-order valence-electron chi connectivity index (χ1n) is 5.83. The number of benzene rings is 1. The Balaban J connectivity index is 2.43. The summed E-state index contributed by atoms with van der Waals surface area (Å²) in [5.74, 6) is -0.980. The van der Waals surface area contributed by atoms with Gasteiger partial charge in [0.1, 0.15) is 0 Å². The second kappa shape index (κ2) is 5.81. The summed E-state index contributed by atoms with van der Waals surface area (Å²) in [6.45, 7) is 3.75. The van der Waals surface area contributed by atoms with Crippen LogP contribution in [-0.4, -0.2) is 20.9 Å². The third kappa shape index (κ3) is 2.94. The lowest BCUT2D eigenvalue weighted by Crippen LogP contribution is -1.99. The number of carboxylic acid groups (broad SMARTS) is 1. The van der Waals surface area contributed by atoms with E-state index in [1.54, 1.807) is 4.68 Å². The van der Waals surface area contributed by atoms with Crippen molar-refractivity contribution in [1.29, 1.82) is 0 Å². The Morgan fingerprint density at radius 1 is 1.45 bits per heavy atom. The van der Waals surface area contributed by atoms with Gasteiger partial charge in [0.2, 0.25) is 0 Å². The lowest BCUT2D eigenvalue weighted by molar-refractivity contribution is -0.131. The summed E-state index contributed by atoms with van der Waals surface area (Å²) in [5, 5.41) is 13.7. The van der Waals surface area contributed by atoms with Crippen LogP contribution in [0.2, 0.25) is 5.02 Å². The Labute approximate surface area is 129 Å². The van der Waals surface area contributed by atoms with Crippen molar-refractivity contribution in [3.05, 3.63) is 50.7 Å². The number of aromatic nitrogens is 2. The molecule has 2 aromatic rings. The molecule has 0 saturated heterocycles. The molecule has 0 fully saturated rings. The summed E-state index contributed by atoms with van der Waals surface area (Å²) in [4.78, 5) is 10.5. The van der Waals surface area contributed by atoms with Crippen LogP contribution in [-0.2, 0) is 4.79 Å². The van der Waals surface area contributed by atoms with Crippen LogP contribution in [0.5, 0.6) is 0 Å². The monoisotopic (exact) mass is 354 g/mol. The van der Waals surface area contributed by atoms with Gasteiger partial charge in [0.15, 0.2) is 0 Å². The average Bonchev–Trinajstić information content (AvgIpc) is 2.65. The zero-order valence-electron chi connectivity index (χ0n) is 10.9. The molecule has 0 aliphatic rings. The van der Waals surface area contributed by atoms with E-state index in [0.29, 0.717) is 5.02 Å². The lowest BCUT2D eigenvalue weighted by Gasteiger charge is -2.06. The summed E-state index contributed by atoms with van der Waals surface area (Å²) in [6, 6.07) is 5.56. The highest BCUT2D eigenvalue weighted by Crippen LogP contribution is 2.26. The highest BCUT2D eigenvalue weighted by molar-refractivity contribution is 9.10. The molecule has 6 heteroatoms. The second-order valence-corrected chi connectivity index (χ2v) is 5.51. The van der Waals surface area contributed by atoms with Crippen LogP contribution in [0, 0.1) is 13.8 Å². The molecule has 0 unspecified atom stereocenters. The van der Waals surface area contributed by atoms with Gasteiger partial charge in [0.05, 0.1) is 22.1 Å². The van der Waals surface area contributed by atoms with Gasteiger partial charge in [-0.15, -0.1) is 0 Å². The van der Waals surface area contributed by atoms with Crippen molar-refractivity contribution in [3.63, 3.8) is 0 Å². The van der Waals surface area contributed by atoms with Crippen LogP contribution in [0.25, 0.3) is 11.8 Å². The third-order valence-corrected chi connectivity index (χ3v) is 4.07. The summed E-state index contributed by atoms with van der Waals surface area (Å²) < 4.78 is 2.55. The molecule has 20 heavy (non-hydrogen) atoms. The first-order chi connectivity index (χ1) is 9.40. The van der Waals surface area contributed by atoms with Crippen molar-refractivity contribution in [1.82, 2.24) is 9.78 Å². The van der Waals surface area contributed by atoms with E-state index >= 15 is 0 Å². The molecule has 1 heterocycles. The molecule has 104 valence electrons. The number of aliphatic carboxylic acids is 1. The Hall–Kier alpha value is -1.59. The highest BCUT2D eigenvalue weighted by Gasteiger charge is 2.11. The van der Waals surface area contributed by atoms with Crippen molar-refractivity contribution >= 4 is 39.6 Å².